The Morgan fingerprint density at radius 3 is 1.71 bits per heavy atom. The summed E-state index contributed by atoms with van der Waals surface area (Å²) in [6.07, 6.45) is -15.4. The summed E-state index contributed by atoms with van der Waals surface area (Å²) >= 11 is 0. The monoisotopic (exact) mass is 947 g/mol. The molecule has 0 radical (unpaired) electrons. The molecule has 0 amide bonds. The maximum Gasteiger partial charge on any atom is 0.187 e. The zero-order valence-electron chi connectivity index (χ0n) is 40.0. The molecule has 25 atom stereocenters. The van der Waals surface area contributed by atoms with Crippen LogP contribution in [0.15, 0.2) is 11.6 Å². The van der Waals surface area contributed by atoms with Crippen LogP contribution in [0.2, 0.25) is 0 Å². The van der Waals surface area contributed by atoms with Gasteiger partial charge in [-0.2, -0.15) is 0 Å². The number of hydrogen-bond acceptors (Lipinski definition) is 18. The normalized spacial score (nSPS) is 52.4. The average molecular weight is 947 g/mol. The zero-order valence-corrected chi connectivity index (χ0v) is 40.0. The Hall–Kier alpha value is -0.980. The molecule has 3 heterocycles. The van der Waals surface area contributed by atoms with E-state index in [2.05, 4.69) is 40.7 Å². The van der Waals surface area contributed by atoms with E-state index in [9.17, 15) is 61.3 Å². The van der Waals surface area contributed by atoms with Gasteiger partial charge in [-0.15, -0.1) is 0 Å². The highest BCUT2D eigenvalue weighted by molar-refractivity contribution is 5.20. The molecule has 7 fully saturated rings. The molecule has 9 unspecified atom stereocenters. The molecular formula is C48H82O18. The van der Waals surface area contributed by atoms with Crippen molar-refractivity contribution in [3.05, 3.63) is 11.6 Å². The summed E-state index contributed by atoms with van der Waals surface area (Å²) in [6.45, 7) is 15.5. The van der Waals surface area contributed by atoms with Crippen LogP contribution in [-0.2, 0) is 28.4 Å². The van der Waals surface area contributed by atoms with Crippen molar-refractivity contribution in [2.75, 3.05) is 19.8 Å². The highest BCUT2D eigenvalue weighted by atomic mass is 16.8. The van der Waals surface area contributed by atoms with Crippen molar-refractivity contribution < 1.29 is 89.7 Å². The van der Waals surface area contributed by atoms with Gasteiger partial charge in [0.05, 0.1) is 37.6 Å². The number of hydrogen-bond donors (Lipinski definition) is 12. The third-order valence-corrected chi connectivity index (χ3v) is 18.8. The molecule has 0 spiro atoms. The molecule has 66 heavy (non-hydrogen) atoms. The summed E-state index contributed by atoms with van der Waals surface area (Å²) in [5.74, 6) is -0.151. The van der Waals surface area contributed by atoms with Gasteiger partial charge in [0.2, 0.25) is 0 Å². The Labute approximate surface area is 388 Å². The Bertz CT molecular complexity index is 1680. The summed E-state index contributed by atoms with van der Waals surface area (Å²) in [4.78, 5) is 0. The molecule has 0 aromatic heterocycles. The fourth-order valence-corrected chi connectivity index (χ4v) is 14.9. The van der Waals surface area contributed by atoms with Gasteiger partial charge in [-0.05, 0) is 124 Å². The van der Waals surface area contributed by atoms with Crippen molar-refractivity contribution in [2.24, 2.45) is 45.3 Å². The predicted molar refractivity (Wildman–Crippen MR) is 234 cm³/mol. The molecule has 7 aliphatic rings. The van der Waals surface area contributed by atoms with Gasteiger partial charge in [-0.25, -0.2) is 0 Å². The number of ether oxygens (including phenoxy) is 6. The molecule has 0 bridgehead atoms. The molecule has 18 heteroatoms. The maximum atomic E-state index is 12.7. The topological polar surface area (TPSA) is 298 Å². The van der Waals surface area contributed by atoms with E-state index in [0.717, 1.165) is 37.7 Å². The van der Waals surface area contributed by atoms with E-state index in [1.807, 2.05) is 20.8 Å². The van der Waals surface area contributed by atoms with Gasteiger partial charge < -0.3 is 89.7 Å². The van der Waals surface area contributed by atoms with Crippen LogP contribution in [0.1, 0.15) is 113 Å². The minimum atomic E-state index is -1.79. The van der Waals surface area contributed by atoms with Gasteiger partial charge in [0.25, 0.3) is 0 Å². The Kier molecular flexibility index (Phi) is 15.7. The molecule has 382 valence electrons. The molecule has 3 aliphatic heterocycles. The Balaban J connectivity index is 1.13. The van der Waals surface area contributed by atoms with Crippen LogP contribution in [0.25, 0.3) is 0 Å². The van der Waals surface area contributed by atoms with E-state index in [4.69, 9.17) is 28.4 Å². The van der Waals surface area contributed by atoms with E-state index in [1.54, 1.807) is 0 Å². The van der Waals surface area contributed by atoms with Crippen LogP contribution in [0, 0.1) is 45.3 Å². The standard InChI is InChI=1S/C48H82O18/c1-22(2)10-9-14-48(8,66-42-39(60)36(57)33(54)26(20-50)62-42)23-11-16-47(7)31(23)24(52)18-29-45(5)15-13-30(44(3,4)28(45)12-17-46(29,47)6)64-43-40(37(58)34(55)27(21-51)63-43)65-41-38(59)35(56)32(53)25(19-49)61-41/h10,23-43,49-60H,9,11-21H2,1-8H3/t23-,24+,25?,26?,27?,28-,29+,30-,31-,32+,33+,34+,35?,36?,37?,38?,39?,40?,41-,42-,43-,45-,46+,47+,48-/m0/s1. The summed E-state index contributed by atoms with van der Waals surface area (Å²) in [5.41, 5.74) is -1.12. The highest BCUT2D eigenvalue weighted by Gasteiger charge is 2.72. The lowest BCUT2D eigenvalue weighted by molar-refractivity contribution is -0.378. The average Bonchev–Trinajstić information content (AvgIpc) is 3.65. The number of aliphatic hydroxyl groups excluding tert-OH is 12. The van der Waals surface area contributed by atoms with Gasteiger partial charge >= 0.3 is 0 Å². The molecule has 12 N–H and O–H groups in total. The first kappa shape index (κ1) is 52.8. The smallest absolute Gasteiger partial charge is 0.187 e. The first-order valence-corrected chi connectivity index (χ1v) is 24.4. The lowest BCUT2D eigenvalue weighted by Crippen LogP contribution is -2.68. The van der Waals surface area contributed by atoms with Crippen LogP contribution in [0.5, 0.6) is 0 Å². The van der Waals surface area contributed by atoms with Crippen molar-refractivity contribution >= 4 is 0 Å². The van der Waals surface area contributed by atoms with Crippen LogP contribution < -0.4 is 0 Å². The minimum absolute atomic E-state index is 0.0905. The molecule has 3 saturated heterocycles. The number of aliphatic hydroxyl groups is 12. The van der Waals surface area contributed by atoms with Gasteiger partial charge in [0.15, 0.2) is 18.9 Å². The van der Waals surface area contributed by atoms with Crippen LogP contribution in [-0.4, -0.2) is 191 Å². The largest absolute Gasteiger partial charge is 0.394 e. The number of rotatable bonds is 13. The summed E-state index contributed by atoms with van der Waals surface area (Å²) in [6, 6.07) is 0. The third kappa shape index (κ3) is 8.79. The highest BCUT2D eigenvalue weighted by Crippen LogP contribution is 2.76. The van der Waals surface area contributed by atoms with Crippen LogP contribution in [0.3, 0.4) is 0 Å². The Morgan fingerprint density at radius 2 is 1.14 bits per heavy atom. The van der Waals surface area contributed by atoms with Gasteiger partial charge in [0, 0.05) is 0 Å². The van der Waals surface area contributed by atoms with Crippen molar-refractivity contribution in [1.29, 1.82) is 0 Å². The molecular weight excluding hydrogens is 865 g/mol. The second-order valence-corrected chi connectivity index (χ2v) is 22.9. The first-order chi connectivity index (χ1) is 30.8. The summed E-state index contributed by atoms with van der Waals surface area (Å²) in [7, 11) is 0. The van der Waals surface area contributed by atoms with Gasteiger partial charge in [-0.3, -0.25) is 0 Å². The molecule has 7 rings (SSSR count). The third-order valence-electron chi connectivity index (χ3n) is 18.8. The van der Waals surface area contributed by atoms with E-state index in [0.29, 0.717) is 25.7 Å². The van der Waals surface area contributed by atoms with Gasteiger partial charge in [-0.1, -0.05) is 46.3 Å². The molecule has 4 aliphatic carbocycles. The van der Waals surface area contributed by atoms with E-state index < -0.39 is 135 Å². The quantitative estimate of drug-likeness (QED) is 0.0853. The van der Waals surface area contributed by atoms with E-state index >= 15 is 0 Å². The number of allylic oxidation sites excluding steroid dienone is 2. The van der Waals surface area contributed by atoms with E-state index in [1.165, 1.54) is 0 Å². The van der Waals surface area contributed by atoms with Crippen LogP contribution in [0.4, 0.5) is 0 Å². The second-order valence-electron chi connectivity index (χ2n) is 22.9. The maximum absolute atomic E-state index is 12.7. The summed E-state index contributed by atoms with van der Waals surface area (Å²) < 4.78 is 37.2. The van der Waals surface area contributed by atoms with Crippen molar-refractivity contribution in [1.82, 2.24) is 0 Å². The molecule has 0 aromatic carbocycles. The SMILES string of the molecule is CC(C)=CCC[C@](C)(O[C@@H]1OC(CO)[C@@H](O)C(O)C1O)[C@H]1CC[C@]2(C)[C@@H]1[C@H](O)C[C@@H]1[C@@]3(C)CC[C@H](O[C@@H]4OC(CO)[C@@H](O)C(O)C4O[C@@H]4OC(CO)[C@@H](O)C(O)C4O)C(C)(C)[C@@H]3CC[C@]12C. The van der Waals surface area contributed by atoms with E-state index in [-0.39, 0.29) is 39.9 Å². The fraction of sp³-hybridized carbons (Fsp3) is 0.958. The van der Waals surface area contributed by atoms with Crippen LogP contribution >= 0.6 is 0 Å². The minimum Gasteiger partial charge on any atom is -0.394 e. The van der Waals surface area contributed by atoms with Crippen molar-refractivity contribution in [2.45, 2.75) is 223 Å². The predicted octanol–water partition coefficient (Wildman–Crippen LogP) is -0.0268. The van der Waals surface area contributed by atoms with Crippen molar-refractivity contribution in [3.63, 3.8) is 0 Å². The lowest BCUT2D eigenvalue weighted by Gasteiger charge is -2.71. The summed E-state index contributed by atoms with van der Waals surface area (Å²) in [5, 5.41) is 129. The number of fused-ring (bicyclic) bond motifs is 5. The van der Waals surface area contributed by atoms with Crippen molar-refractivity contribution in [3.8, 4) is 0 Å². The zero-order chi connectivity index (χ0) is 48.6. The van der Waals surface area contributed by atoms with Gasteiger partial charge in [0.1, 0.15) is 73.2 Å². The Morgan fingerprint density at radius 1 is 0.606 bits per heavy atom. The first-order valence-electron chi connectivity index (χ1n) is 24.4. The lowest BCUT2D eigenvalue weighted by atomic mass is 9.35. The second kappa shape index (κ2) is 19.6. The fourth-order valence-electron chi connectivity index (χ4n) is 14.9. The molecule has 18 nitrogen and oxygen atoms in total. The molecule has 0 aromatic rings. The molecule has 4 saturated carbocycles.